The highest BCUT2D eigenvalue weighted by Gasteiger charge is 2.16. The Morgan fingerprint density at radius 3 is 1.95 bits per heavy atom. The van der Waals surface area contributed by atoms with Gasteiger partial charge < -0.3 is 10.6 Å². The van der Waals surface area contributed by atoms with Crippen LogP contribution in [0.5, 0.6) is 0 Å². The van der Waals surface area contributed by atoms with Crippen molar-refractivity contribution < 1.29 is 9.59 Å². The molecule has 0 aromatic heterocycles. The molecule has 0 spiro atoms. The van der Waals surface area contributed by atoms with Gasteiger partial charge in [0.2, 0.25) is 0 Å². The third-order valence-corrected chi connectivity index (χ3v) is 3.64. The lowest BCUT2D eigenvalue weighted by molar-refractivity contribution is 0.0943. The number of fused-ring (bicyclic) bond motifs is 2. The molecule has 4 nitrogen and oxygen atoms in total. The quantitative estimate of drug-likeness (QED) is 0.774. The highest BCUT2D eigenvalue weighted by Crippen LogP contribution is 2.13. The summed E-state index contributed by atoms with van der Waals surface area (Å²) in [6.45, 7) is 1.46. The summed E-state index contributed by atoms with van der Waals surface area (Å²) in [4.78, 5) is 22.1. The lowest BCUT2D eigenvalue weighted by atomic mass is 10.0. The second-order valence-corrected chi connectivity index (χ2v) is 5.00. The summed E-state index contributed by atoms with van der Waals surface area (Å²) < 4.78 is 0. The number of hydrogen-bond donors (Lipinski definition) is 2. The van der Waals surface area contributed by atoms with Crippen molar-refractivity contribution >= 4 is 11.8 Å². The van der Waals surface area contributed by atoms with Crippen molar-refractivity contribution in [3.63, 3.8) is 0 Å². The summed E-state index contributed by atoms with van der Waals surface area (Å²) in [5, 5.41) is 5.55. The minimum atomic E-state index is 0.0515. The van der Waals surface area contributed by atoms with E-state index in [0.29, 0.717) is 6.54 Å². The van der Waals surface area contributed by atoms with Crippen molar-refractivity contribution in [2.24, 2.45) is 0 Å². The second kappa shape index (κ2) is 5.79. The molecule has 0 saturated heterocycles. The molecule has 2 aromatic carbocycles. The normalized spacial score (nSPS) is 15.0. The molecule has 21 heavy (non-hydrogen) atoms. The summed E-state index contributed by atoms with van der Waals surface area (Å²) in [5.41, 5.74) is 3.92. The van der Waals surface area contributed by atoms with Crippen molar-refractivity contribution in [3.8, 4) is 0 Å². The lowest BCUT2D eigenvalue weighted by Crippen LogP contribution is -2.31. The standard InChI is InChI=1S/C9H9NO.C8H7NO/c11-9-8-4-2-1-3-7(8)5-6-10-9;10-8-7-4-2-1-3-6(7)5-9-8/h1-4H,5-6H2,(H,10,11);1-4H,5H2,(H,9,10). The number of nitrogens with one attached hydrogen (secondary N) is 2. The van der Waals surface area contributed by atoms with Crippen LogP contribution in [-0.2, 0) is 13.0 Å². The predicted octanol–water partition coefficient (Wildman–Crippen LogP) is 1.90. The Morgan fingerprint density at radius 2 is 1.29 bits per heavy atom. The van der Waals surface area contributed by atoms with Gasteiger partial charge in [-0.25, -0.2) is 0 Å². The van der Waals surface area contributed by atoms with E-state index in [1.807, 2.05) is 48.5 Å². The van der Waals surface area contributed by atoms with Gasteiger partial charge in [-0.1, -0.05) is 36.4 Å². The molecule has 4 rings (SSSR count). The van der Waals surface area contributed by atoms with E-state index in [9.17, 15) is 9.59 Å². The van der Waals surface area contributed by atoms with Crippen molar-refractivity contribution in [1.29, 1.82) is 0 Å². The Hall–Kier alpha value is -2.62. The molecule has 0 radical (unpaired) electrons. The maximum absolute atomic E-state index is 11.2. The van der Waals surface area contributed by atoms with Crippen molar-refractivity contribution in [2.45, 2.75) is 13.0 Å². The Morgan fingerprint density at radius 1 is 0.714 bits per heavy atom. The maximum Gasteiger partial charge on any atom is 0.251 e. The molecule has 4 heteroatoms. The molecule has 2 aliphatic heterocycles. The van der Waals surface area contributed by atoms with Crippen molar-refractivity contribution in [3.05, 3.63) is 70.8 Å². The molecule has 0 bridgehead atoms. The zero-order chi connectivity index (χ0) is 14.7. The molecule has 0 atom stereocenters. The van der Waals surface area contributed by atoms with Gasteiger partial charge in [0.25, 0.3) is 11.8 Å². The predicted molar refractivity (Wildman–Crippen MR) is 80.1 cm³/mol. The minimum Gasteiger partial charge on any atom is -0.352 e. The maximum atomic E-state index is 11.2. The van der Waals surface area contributed by atoms with Gasteiger partial charge in [0.15, 0.2) is 0 Å². The Labute approximate surface area is 123 Å². The first-order chi connectivity index (χ1) is 10.3. The van der Waals surface area contributed by atoms with E-state index in [2.05, 4.69) is 10.6 Å². The number of rotatable bonds is 0. The van der Waals surface area contributed by atoms with Gasteiger partial charge >= 0.3 is 0 Å². The van der Waals surface area contributed by atoms with E-state index < -0.39 is 0 Å². The summed E-state index contributed by atoms with van der Waals surface area (Å²) in [6, 6.07) is 15.4. The molecular weight excluding hydrogens is 264 g/mol. The first-order valence-electron chi connectivity index (χ1n) is 6.98. The van der Waals surface area contributed by atoms with Gasteiger partial charge in [-0.15, -0.1) is 0 Å². The molecule has 2 N–H and O–H groups in total. The summed E-state index contributed by atoms with van der Waals surface area (Å²) >= 11 is 0. The lowest BCUT2D eigenvalue weighted by Gasteiger charge is -2.15. The molecule has 0 saturated carbocycles. The summed E-state index contributed by atoms with van der Waals surface area (Å²) in [5.74, 6) is 0.113. The number of benzene rings is 2. The van der Waals surface area contributed by atoms with E-state index in [1.54, 1.807) is 0 Å². The molecule has 2 amide bonds. The van der Waals surface area contributed by atoms with Gasteiger partial charge in [-0.05, 0) is 29.7 Å². The topological polar surface area (TPSA) is 58.2 Å². The Kier molecular flexibility index (Phi) is 3.69. The largest absolute Gasteiger partial charge is 0.352 e. The average molecular weight is 280 g/mol. The molecule has 106 valence electrons. The van der Waals surface area contributed by atoms with Crippen LogP contribution < -0.4 is 10.6 Å². The van der Waals surface area contributed by atoms with Crippen LogP contribution in [0.3, 0.4) is 0 Å². The van der Waals surface area contributed by atoms with E-state index in [0.717, 1.165) is 35.2 Å². The molecule has 2 aliphatic rings. The molecule has 0 unspecified atom stereocenters. The number of amides is 2. The van der Waals surface area contributed by atoms with Gasteiger partial charge in [0.1, 0.15) is 0 Å². The fourth-order valence-corrected chi connectivity index (χ4v) is 2.53. The fourth-order valence-electron chi connectivity index (χ4n) is 2.53. The highest BCUT2D eigenvalue weighted by atomic mass is 16.2. The number of hydrogen-bond acceptors (Lipinski definition) is 2. The van der Waals surface area contributed by atoms with Gasteiger partial charge in [-0.3, -0.25) is 9.59 Å². The van der Waals surface area contributed by atoms with Crippen LogP contribution in [0.2, 0.25) is 0 Å². The monoisotopic (exact) mass is 280 g/mol. The number of carbonyl (C=O) groups excluding carboxylic acids is 2. The fraction of sp³-hybridized carbons (Fsp3) is 0.176. The van der Waals surface area contributed by atoms with Crippen LogP contribution in [0.1, 0.15) is 31.8 Å². The zero-order valence-corrected chi connectivity index (χ0v) is 11.6. The van der Waals surface area contributed by atoms with E-state index in [-0.39, 0.29) is 11.8 Å². The van der Waals surface area contributed by atoms with Crippen LogP contribution in [0.4, 0.5) is 0 Å². The van der Waals surface area contributed by atoms with Gasteiger partial charge in [0.05, 0.1) is 0 Å². The van der Waals surface area contributed by atoms with E-state index >= 15 is 0 Å². The molecule has 0 aliphatic carbocycles. The van der Waals surface area contributed by atoms with Crippen LogP contribution in [0, 0.1) is 0 Å². The molecule has 0 fully saturated rings. The van der Waals surface area contributed by atoms with Crippen molar-refractivity contribution in [1.82, 2.24) is 10.6 Å². The van der Waals surface area contributed by atoms with Crippen molar-refractivity contribution in [2.75, 3.05) is 6.54 Å². The SMILES string of the molecule is O=C1NCCc2ccccc21.O=C1NCc2ccccc21. The highest BCUT2D eigenvalue weighted by molar-refractivity contribution is 5.98. The third kappa shape index (κ3) is 2.79. The first-order valence-corrected chi connectivity index (χ1v) is 6.98. The van der Waals surface area contributed by atoms with E-state index in [1.165, 1.54) is 0 Å². The Bertz CT molecular complexity index is 695. The van der Waals surface area contributed by atoms with Crippen LogP contribution in [-0.4, -0.2) is 18.4 Å². The first kappa shape index (κ1) is 13.4. The van der Waals surface area contributed by atoms with E-state index in [4.69, 9.17) is 0 Å². The molecule has 2 aromatic rings. The minimum absolute atomic E-state index is 0.0515. The Balaban J connectivity index is 0.000000126. The van der Waals surface area contributed by atoms with Crippen LogP contribution >= 0.6 is 0 Å². The van der Waals surface area contributed by atoms with Gasteiger partial charge in [0, 0.05) is 24.2 Å². The molecular formula is C17H16N2O2. The molecule has 2 heterocycles. The smallest absolute Gasteiger partial charge is 0.251 e. The third-order valence-electron chi connectivity index (χ3n) is 3.64. The second-order valence-electron chi connectivity index (χ2n) is 5.00. The van der Waals surface area contributed by atoms with Crippen LogP contribution in [0.15, 0.2) is 48.5 Å². The zero-order valence-electron chi connectivity index (χ0n) is 11.6. The van der Waals surface area contributed by atoms with Crippen LogP contribution in [0.25, 0.3) is 0 Å². The van der Waals surface area contributed by atoms with Gasteiger partial charge in [-0.2, -0.15) is 0 Å². The summed E-state index contributed by atoms with van der Waals surface area (Å²) in [6.07, 6.45) is 0.960. The summed E-state index contributed by atoms with van der Waals surface area (Å²) in [7, 11) is 0. The number of carbonyl (C=O) groups is 2. The average Bonchev–Trinajstić information content (AvgIpc) is 2.91.